The second-order valence-corrected chi connectivity index (χ2v) is 5.10. The monoisotopic (exact) mass is 287 g/mol. The van der Waals surface area contributed by atoms with Crippen LogP contribution < -0.4 is 5.32 Å². The molecule has 0 unspecified atom stereocenters. The molecule has 0 atom stereocenters. The third-order valence-electron chi connectivity index (χ3n) is 3.76. The van der Waals surface area contributed by atoms with Gasteiger partial charge in [0.2, 0.25) is 5.76 Å². The molecule has 3 aromatic rings. The summed E-state index contributed by atoms with van der Waals surface area (Å²) < 4.78 is 6.60. The number of H-pyrrole nitrogens is 1. The molecule has 0 saturated heterocycles. The number of fused-ring (bicyclic) bond motifs is 1. The zero-order chi connectivity index (χ0) is 14.2. The maximum absolute atomic E-state index is 12.1. The van der Waals surface area contributed by atoms with Gasteiger partial charge in [-0.3, -0.25) is 15.2 Å². The number of carbonyl (C=O) groups is 1. The zero-order valence-corrected chi connectivity index (χ0v) is 11.1. The van der Waals surface area contributed by atoms with Gasteiger partial charge in [0.15, 0.2) is 0 Å². The first kappa shape index (κ1) is 12.1. The molecule has 3 aromatic heterocycles. The molecule has 0 aromatic carbocycles. The molecule has 0 bridgehead atoms. The zero-order valence-electron chi connectivity index (χ0n) is 11.1. The van der Waals surface area contributed by atoms with Gasteiger partial charge in [-0.2, -0.15) is 9.50 Å². The average Bonchev–Trinajstić information content (AvgIpc) is 3.25. The Morgan fingerprint density at radius 3 is 3.10 bits per heavy atom. The van der Waals surface area contributed by atoms with Crippen LogP contribution in [0.15, 0.2) is 16.9 Å². The fourth-order valence-electron chi connectivity index (χ4n) is 2.68. The minimum absolute atomic E-state index is 0.174. The smallest absolute Gasteiger partial charge is 0.296 e. The third-order valence-corrected chi connectivity index (χ3v) is 3.76. The van der Waals surface area contributed by atoms with Crippen LogP contribution in [0.1, 0.15) is 47.8 Å². The van der Waals surface area contributed by atoms with Gasteiger partial charge in [0, 0.05) is 12.0 Å². The lowest BCUT2D eigenvalue weighted by atomic mass is 10.0. The summed E-state index contributed by atoms with van der Waals surface area (Å²) in [5.74, 6) is 0.812. The van der Waals surface area contributed by atoms with Gasteiger partial charge >= 0.3 is 0 Å². The number of carbonyl (C=O) groups excluding carboxylic acids is 1. The van der Waals surface area contributed by atoms with E-state index in [2.05, 4.69) is 30.8 Å². The first-order chi connectivity index (χ1) is 10.3. The molecular weight excluding hydrogens is 274 g/mol. The van der Waals surface area contributed by atoms with Gasteiger partial charge < -0.3 is 4.52 Å². The number of anilines is 1. The molecule has 1 amide bonds. The van der Waals surface area contributed by atoms with Crippen molar-refractivity contribution in [3.05, 3.63) is 23.8 Å². The first-order valence-corrected chi connectivity index (χ1v) is 6.84. The summed E-state index contributed by atoms with van der Waals surface area (Å²) in [5.41, 5.74) is 0.852. The van der Waals surface area contributed by atoms with Crippen molar-refractivity contribution in [3.63, 3.8) is 0 Å². The Bertz CT molecular complexity index is 780. The molecule has 4 rings (SSSR count). The van der Waals surface area contributed by atoms with Crippen molar-refractivity contribution in [2.24, 2.45) is 0 Å². The number of hydrogen-bond acceptors (Lipinski definition) is 6. The van der Waals surface area contributed by atoms with E-state index in [4.69, 9.17) is 4.52 Å². The standard InChI is InChI=1S/C12H13N7O2/c20-10(15-12-17-16-11-13-6-14-19(11)12)9-5-8(18-21-9)7-3-1-2-4-7/h5-7H,1-4H2,(H,13,14,16)(H,15,17,20). The Morgan fingerprint density at radius 2 is 2.24 bits per heavy atom. The van der Waals surface area contributed by atoms with E-state index in [1.807, 2.05) is 0 Å². The Morgan fingerprint density at radius 1 is 1.38 bits per heavy atom. The second-order valence-electron chi connectivity index (χ2n) is 5.10. The molecular formula is C12H13N7O2. The second kappa shape index (κ2) is 4.69. The number of hydrogen-bond donors (Lipinski definition) is 2. The highest BCUT2D eigenvalue weighted by Crippen LogP contribution is 2.33. The van der Waals surface area contributed by atoms with Crippen molar-refractivity contribution in [1.82, 2.24) is 30.0 Å². The van der Waals surface area contributed by atoms with E-state index in [9.17, 15) is 4.79 Å². The van der Waals surface area contributed by atoms with Crippen LogP contribution in [0.2, 0.25) is 0 Å². The van der Waals surface area contributed by atoms with E-state index < -0.39 is 5.91 Å². The average molecular weight is 287 g/mol. The quantitative estimate of drug-likeness (QED) is 0.751. The third kappa shape index (κ3) is 2.06. The van der Waals surface area contributed by atoms with E-state index in [1.165, 1.54) is 23.7 Å². The molecule has 1 aliphatic carbocycles. The molecule has 1 aliphatic rings. The van der Waals surface area contributed by atoms with Crippen molar-refractivity contribution in [2.45, 2.75) is 31.6 Å². The maximum atomic E-state index is 12.1. The van der Waals surface area contributed by atoms with Crippen LogP contribution in [-0.2, 0) is 0 Å². The van der Waals surface area contributed by atoms with Gasteiger partial charge in [-0.15, -0.1) is 10.2 Å². The van der Waals surface area contributed by atoms with Crippen LogP contribution in [0.4, 0.5) is 5.95 Å². The molecule has 9 heteroatoms. The molecule has 1 saturated carbocycles. The van der Waals surface area contributed by atoms with Crippen LogP contribution in [0.25, 0.3) is 5.78 Å². The van der Waals surface area contributed by atoms with Crippen LogP contribution >= 0.6 is 0 Å². The lowest BCUT2D eigenvalue weighted by Gasteiger charge is -2.00. The summed E-state index contributed by atoms with van der Waals surface area (Å²) >= 11 is 0. The Hall–Kier alpha value is -2.71. The predicted molar refractivity (Wildman–Crippen MR) is 70.8 cm³/mol. The minimum Gasteiger partial charge on any atom is -0.351 e. The number of nitrogens with one attached hydrogen (secondary N) is 2. The first-order valence-electron chi connectivity index (χ1n) is 6.84. The highest BCUT2D eigenvalue weighted by Gasteiger charge is 2.23. The molecule has 9 nitrogen and oxygen atoms in total. The number of rotatable bonds is 3. The van der Waals surface area contributed by atoms with E-state index in [0.717, 1.165) is 18.5 Å². The molecule has 2 N–H and O–H groups in total. The van der Waals surface area contributed by atoms with Crippen molar-refractivity contribution in [1.29, 1.82) is 0 Å². The Kier molecular flexibility index (Phi) is 2.69. The number of aromatic nitrogens is 6. The maximum Gasteiger partial charge on any atom is 0.296 e. The summed E-state index contributed by atoms with van der Waals surface area (Å²) in [6, 6.07) is 1.70. The fraction of sp³-hybridized carbons (Fsp3) is 0.417. The lowest BCUT2D eigenvalue weighted by molar-refractivity contribution is 0.0986. The highest BCUT2D eigenvalue weighted by atomic mass is 16.5. The SMILES string of the molecule is O=C(Nc1nnc2nc[nH]n12)c1cc(C2CCCC2)no1. The summed E-state index contributed by atoms with van der Waals surface area (Å²) in [7, 11) is 0. The summed E-state index contributed by atoms with van der Waals surface area (Å²) in [6.07, 6.45) is 6.08. The van der Waals surface area contributed by atoms with E-state index >= 15 is 0 Å². The molecule has 1 fully saturated rings. The van der Waals surface area contributed by atoms with Crippen molar-refractivity contribution in [2.75, 3.05) is 5.32 Å². The fourth-order valence-corrected chi connectivity index (χ4v) is 2.68. The van der Waals surface area contributed by atoms with Crippen LogP contribution in [0, 0.1) is 0 Å². The Labute approximate surface area is 118 Å². The van der Waals surface area contributed by atoms with Crippen LogP contribution in [0.5, 0.6) is 0 Å². The van der Waals surface area contributed by atoms with Gasteiger partial charge in [-0.1, -0.05) is 18.0 Å². The van der Waals surface area contributed by atoms with Crippen LogP contribution in [-0.4, -0.2) is 35.9 Å². The van der Waals surface area contributed by atoms with Gasteiger partial charge in [0.1, 0.15) is 6.33 Å². The molecule has 21 heavy (non-hydrogen) atoms. The predicted octanol–water partition coefficient (Wildman–Crippen LogP) is 1.35. The number of amides is 1. The number of nitrogens with zero attached hydrogens (tertiary/aromatic N) is 5. The summed E-state index contributed by atoms with van der Waals surface area (Å²) in [6.45, 7) is 0. The normalized spacial score (nSPS) is 15.8. The van der Waals surface area contributed by atoms with Gasteiger partial charge in [0.25, 0.3) is 17.6 Å². The van der Waals surface area contributed by atoms with E-state index in [1.54, 1.807) is 6.07 Å². The van der Waals surface area contributed by atoms with E-state index in [-0.39, 0.29) is 11.7 Å². The molecule has 3 heterocycles. The van der Waals surface area contributed by atoms with Gasteiger partial charge in [0.05, 0.1) is 5.69 Å². The van der Waals surface area contributed by atoms with Crippen molar-refractivity contribution < 1.29 is 9.32 Å². The molecule has 0 radical (unpaired) electrons. The van der Waals surface area contributed by atoms with E-state index in [0.29, 0.717) is 11.7 Å². The molecule has 0 aliphatic heterocycles. The largest absolute Gasteiger partial charge is 0.351 e. The summed E-state index contributed by atoms with van der Waals surface area (Å²) in [4.78, 5) is 16.1. The molecule has 108 valence electrons. The van der Waals surface area contributed by atoms with Crippen molar-refractivity contribution >= 4 is 17.6 Å². The topological polar surface area (TPSA) is 114 Å². The summed E-state index contributed by atoms with van der Waals surface area (Å²) in [5, 5.41) is 17.0. The van der Waals surface area contributed by atoms with Crippen LogP contribution in [0.3, 0.4) is 0 Å². The molecule has 0 spiro atoms. The Balaban J connectivity index is 1.53. The van der Waals surface area contributed by atoms with Crippen molar-refractivity contribution in [3.8, 4) is 0 Å². The number of aromatic amines is 1. The lowest BCUT2D eigenvalue weighted by Crippen LogP contribution is -2.13. The minimum atomic E-state index is -0.407. The van der Waals surface area contributed by atoms with Gasteiger partial charge in [-0.25, -0.2) is 0 Å². The van der Waals surface area contributed by atoms with Gasteiger partial charge in [-0.05, 0) is 12.8 Å². The highest BCUT2D eigenvalue weighted by molar-refractivity contribution is 6.01.